The summed E-state index contributed by atoms with van der Waals surface area (Å²) < 4.78 is 1.76. The first-order valence-corrected chi connectivity index (χ1v) is 4.76. The van der Waals surface area contributed by atoms with Crippen LogP contribution in [-0.2, 0) is 18.3 Å². The molecule has 5 heteroatoms. The highest BCUT2D eigenvalue weighted by Gasteiger charge is 1.94. The number of carboxylic acid groups (broad SMARTS) is 1. The van der Waals surface area contributed by atoms with Gasteiger partial charge < -0.3 is 10.4 Å². The fourth-order valence-electron chi connectivity index (χ4n) is 1.18. The van der Waals surface area contributed by atoms with Gasteiger partial charge in [0.1, 0.15) is 0 Å². The van der Waals surface area contributed by atoms with Gasteiger partial charge in [-0.1, -0.05) is 6.08 Å². The topological polar surface area (TPSA) is 67.2 Å². The van der Waals surface area contributed by atoms with Crippen LogP contribution in [0.2, 0.25) is 0 Å². The first kappa shape index (κ1) is 11.5. The molecular weight excluding hydrogens is 194 g/mol. The maximum Gasteiger partial charge on any atom is 0.328 e. The molecule has 0 spiro atoms. The lowest BCUT2D eigenvalue weighted by Gasteiger charge is -1.98. The summed E-state index contributed by atoms with van der Waals surface area (Å²) in [5.74, 6) is -0.913. The largest absolute Gasteiger partial charge is 0.478 e. The van der Waals surface area contributed by atoms with Crippen molar-refractivity contribution in [3.8, 4) is 0 Å². The number of carbonyl (C=O) groups is 1. The van der Waals surface area contributed by atoms with Crippen molar-refractivity contribution in [1.82, 2.24) is 15.1 Å². The van der Waals surface area contributed by atoms with E-state index < -0.39 is 5.97 Å². The Hall–Kier alpha value is -1.62. The Morgan fingerprint density at radius 3 is 3.13 bits per heavy atom. The molecule has 0 aliphatic carbocycles. The molecule has 15 heavy (non-hydrogen) atoms. The van der Waals surface area contributed by atoms with Crippen molar-refractivity contribution in [2.45, 2.75) is 6.42 Å². The van der Waals surface area contributed by atoms with E-state index in [0.29, 0.717) is 6.54 Å². The van der Waals surface area contributed by atoms with Gasteiger partial charge in [0.15, 0.2) is 0 Å². The molecule has 5 nitrogen and oxygen atoms in total. The molecule has 0 amide bonds. The molecule has 0 unspecified atom stereocenters. The third kappa shape index (κ3) is 4.97. The molecule has 0 bridgehead atoms. The zero-order valence-corrected chi connectivity index (χ0v) is 8.68. The van der Waals surface area contributed by atoms with Crippen LogP contribution in [0.5, 0.6) is 0 Å². The number of hydrogen-bond acceptors (Lipinski definition) is 3. The van der Waals surface area contributed by atoms with E-state index in [1.165, 1.54) is 5.56 Å². The SMILES string of the molecule is Cn1cc(CCNC/C=C/C(=O)O)cn1. The molecule has 0 aliphatic rings. The third-order valence-corrected chi connectivity index (χ3v) is 1.87. The first-order valence-electron chi connectivity index (χ1n) is 4.76. The van der Waals surface area contributed by atoms with Gasteiger partial charge in [0.05, 0.1) is 6.20 Å². The molecule has 0 atom stereocenters. The van der Waals surface area contributed by atoms with Gasteiger partial charge in [0, 0.05) is 25.9 Å². The fraction of sp³-hybridized carbons (Fsp3) is 0.400. The smallest absolute Gasteiger partial charge is 0.328 e. The van der Waals surface area contributed by atoms with Gasteiger partial charge in [-0.25, -0.2) is 4.79 Å². The minimum Gasteiger partial charge on any atom is -0.478 e. The Kier molecular flexibility index (Phi) is 4.56. The number of hydrogen-bond donors (Lipinski definition) is 2. The van der Waals surface area contributed by atoms with Gasteiger partial charge in [-0.05, 0) is 18.5 Å². The average Bonchev–Trinajstić information content (AvgIpc) is 2.57. The van der Waals surface area contributed by atoms with E-state index in [1.54, 1.807) is 10.8 Å². The van der Waals surface area contributed by atoms with Gasteiger partial charge in [-0.3, -0.25) is 4.68 Å². The number of aromatic nitrogens is 2. The molecule has 82 valence electrons. The Morgan fingerprint density at radius 1 is 1.73 bits per heavy atom. The van der Waals surface area contributed by atoms with Gasteiger partial charge in [-0.2, -0.15) is 5.10 Å². The van der Waals surface area contributed by atoms with Crippen molar-refractivity contribution in [2.75, 3.05) is 13.1 Å². The van der Waals surface area contributed by atoms with Gasteiger partial charge >= 0.3 is 5.97 Å². The van der Waals surface area contributed by atoms with Crippen LogP contribution in [-0.4, -0.2) is 33.9 Å². The van der Waals surface area contributed by atoms with Crippen LogP contribution in [0, 0.1) is 0 Å². The zero-order chi connectivity index (χ0) is 11.1. The molecule has 0 aliphatic heterocycles. The molecular formula is C10H15N3O2. The lowest BCUT2D eigenvalue weighted by atomic mass is 10.2. The average molecular weight is 209 g/mol. The maximum atomic E-state index is 10.1. The van der Waals surface area contributed by atoms with E-state index in [2.05, 4.69) is 10.4 Å². The summed E-state index contributed by atoms with van der Waals surface area (Å²) in [6.07, 6.45) is 7.42. The normalized spacial score (nSPS) is 11.0. The molecule has 0 saturated heterocycles. The minimum atomic E-state index is -0.913. The Labute approximate surface area is 88.4 Å². The van der Waals surface area contributed by atoms with Crippen LogP contribution in [0.15, 0.2) is 24.5 Å². The first-order chi connectivity index (χ1) is 7.18. The summed E-state index contributed by atoms with van der Waals surface area (Å²) in [5, 5.41) is 15.5. The summed E-state index contributed by atoms with van der Waals surface area (Å²) in [7, 11) is 1.88. The van der Waals surface area contributed by atoms with Gasteiger partial charge in [-0.15, -0.1) is 0 Å². The van der Waals surface area contributed by atoms with E-state index in [4.69, 9.17) is 5.11 Å². The predicted octanol–water partition coefficient (Wildman–Crippen LogP) is 0.193. The summed E-state index contributed by atoms with van der Waals surface area (Å²) in [5.41, 5.74) is 1.17. The molecule has 0 aromatic carbocycles. The minimum absolute atomic E-state index is 0.576. The van der Waals surface area contributed by atoms with Gasteiger partial charge in [0.25, 0.3) is 0 Å². The van der Waals surface area contributed by atoms with Crippen LogP contribution < -0.4 is 5.32 Å². The van der Waals surface area contributed by atoms with Crippen molar-refractivity contribution in [1.29, 1.82) is 0 Å². The molecule has 1 heterocycles. The molecule has 0 radical (unpaired) electrons. The van der Waals surface area contributed by atoms with E-state index in [9.17, 15) is 4.79 Å². The summed E-state index contributed by atoms with van der Waals surface area (Å²) in [6.45, 7) is 1.39. The second-order valence-corrected chi connectivity index (χ2v) is 3.22. The molecule has 1 aromatic heterocycles. The summed E-state index contributed by atoms with van der Waals surface area (Å²) >= 11 is 0. The lowest BCUT2D eigenvalue weighted by molar-refractivity contribution is -0.131. The number of nitrogens with zero attached hydrogens (tertiary/aromatic N) is 2. The van der Waals surface area contributed by atoms with E-state index in [1.807, 2.05) is 19.4 Å². The molecule has 0 saturated carbocycles. The van der Waals surface area contributed by atoms with E-state index >= 15 is 0 Å². The van der Waals surface area contributed by atoms with Crippen molar-refractivity contribution < 1.29 is 9.90 Å². The van der Waals surface area contributed by atoms with Crippen molar-refractivity contribution in [3.63, 3.8) is 0 Å². The van der Waals surface area contributed by atoms with Crippen molar-refractivity contribution >= 4 is 5.97 Å². The highest BCUT2D eigenvalue weighted by atomic mass is 16.4. The second-order valence-electron chi connectivity index (χ2n) is 3.22. The predicted molar refractivity (Wildman–Crippen MR) is 56.6 cm³/mol. The molecule has 0 fully saturated rings. The Morgan fingerprint density at radius 2 is 2.53 bits per heavy atom. The summed E-state index contributed by atoms with van der Waals surface area (Å²) in [4.78, 5) is 10.1. The number of aryl methyl sites for hydroxylation is 1. The van der Waals surface area contributed by atoms with E-state index in [-0.39, 0.29) is 0 Å². The quantitative estimate of drug-likeness (QED) is 0.518. The maximum absolute atomic E-state index is 10.1. The zero-order valence-electron chi connectivity index (χ0n) is 8.68. The number of rotatable bonds is 6. The third-order valence-electron chi connectivity index (χ3n) is 1.87. The van der Waals surface area contributed by atoms with Crippen LogP contribution in [0.3, 0.4) is 0 Å². The van der Waals surface area contributed by atoms with Gasteiger partial charge in [0.2, 0.25) is 0 Å². The van der Waals surface area contributed by atoms with Crippen LogP contribution in [0.1, 0.15) is 5.56 Å². The Balaban J connectivity index is 2.09. The van der Waals surface area contributed by atoms with Crippen molar-refractivity contribution in [2.24, 2.45) is 7.05 Å². The highest BCUT2D eigenvalue weighted by Crippen LogP contribution is 1.95. The molecule has 1 aromatic rings. The molecule has 1 rings (SSSR count). The van der Waals surface area contributed by atoms with Crippen LogP contribution >= 0.6 is 0 Å². The van der Waals surface area contributed by atoms with Crippen molar-refractivity contribution in [3.05, 3.63) is 30.1 Å². The van der Waals surface area contributed by atoms with E-state index in [0.717, 1.165) is 19.0 Å². The number of aliphatic carboxylic acids is 1. The molecule has 2 N–H and O–H groups in total. The highest BCUT2D eigenvalue weighted by molar-refractivity contribution is 5.79. The number of nitrogens with one attached hydrogen (secondary N) is 1. The fourth-order valence-corrected chi connectivity index (χ4v) is 1.18. The number of carboxylic acids is 1. The van der Waals surface area contributed by atoms with Crippen LogP contribution in [0.4, 0.5) is 0 Å². The monoisotopic (exact) mass is 209 g/mol. The van der Waals surface area contributed by atoms with Crippen LogP contribution in [0.25, 0.3) is 0 Å². The second kappa shape index (κ2) is 5.98. The standard InChI is InChI=1S/C10H15N3O2/c1-13-8-9(7-12-13)4-6-11-5-2-3-10(14)15/h2-3,7-8,11H,4-6H2,1H3,(H,14,15)/b3-2+. The Bertz CT molecular complexity index is 344. The lowest BCUT2D eigenvalue weighted by Crippen LogP contribution is -2.17. The summed E-state index contributed by atoms with van der Waals surface area (Å²) in [6, 6.07) is 0.